The number of pyridine rings is 1. The number of halogens is 2. The zero-order valence-corrected chi connectivity index (χ0v) is 18.4. The summed E-state index contributed by atoms with van der Waals surface area (Å²) in [6.07, 6.45) is 10.9. The van der Waals surface area contributed by atoms with Crippen LogP contribution in [0.25, 0.3) is 27.8 Å². The number of fused-ring (bicyclic) bond motifs is 1. The van der Waals surface area contributed by atoms with Gasteiger partial charge in [-0.05, 0) is 6.07 Å². The van der Waals surface area contributed by atoms with E-state index in [0.717, 1.165) is 59.9 Å². The number of hydrogen-bond acceptors (Lipinski definition) is 7. The van der Waals surface area contributed by atoms with Gasteiger partial charge in [-0.1, -0.05) is 0 Å². The molecule has 31 heavy (non-hydrogen) atoms. The number of nitrogens with one attached hydrogen (secondary N) is 1. The first-order valence-corrected chi connectivity index (χ1v) is 9.41. The molecule has 0 radical (unpaired) electrons. The van der Waals surface area contributed by atoms with Crippen molar-refractivity contribution in [3.63, 3.8) is 0 Å². The number of aryl methyl sites for hydroxylation is 1. The van der Waals surface area contributed by atoms with E-state index in [1.807, 2.05) is 44.1 Å². The average Bonchev–Trinajstić information content (AvgIpc) is 3.40. The molecule has 4 aromatic heterocycles. The monoisotopic (exact) mass is 457 g/mol. The Labute approximate surface area is 191 Å². The smallest absolute Gasteiger partial charge is 0.225 e. The van der Waals surface area contributed by atoms with E-state index in [1.165, 1.54) is 0 Å². The minimum atomic E-state index is 0. The molecule has 0 unspecified atom stereocenters. The Bertz CT molecular complexity index is 1220. The topological polar surface area (TPSA) is 100.0 Å². The first-order chi connectivity index (χ1) is 14.2. The summed E-state index contributed by atoms with van der Waals surface area (Å²) in [5, 5.41) is 21.5. The van der Waals surface area contributed by atoms with Crippen molar-refractivity contribution in [2.45, 2.75) is 0 Å². The molecule has 0 aromatic carbocycles. The fraction of sp³-hybridized carbons (Fsp3) is 0.250. The van der Waals surface area contributed by atoms with Crippen molar-refractivity contribution >= 4 is 36.3 Å². The number of hydrogen-bond donors (Lipinski definition) is 1. The molecule has 0 aliphatic carbocycles. The lowest BCUT2D eigenvalue weighted by atomic mass is 10.0. The van der Waals surface area contributed by atoms with Crippen LogP contribution >= 0.6 is 24.8 Å². The van der Waals surface area contributed by atoms with Crippen molar-refractivity contribution in [1.82, 2.24) is 34.7 Å². The van der Waals surface area contributed by atoms with Gasteiger partial charge in [-0.15, -0.1) is 24.8 Å². The molecule has 0 bridgehead atoms. The predicted octanol–water partition coefficient (Wildman–Crippen LogP) is 2.32. The molecule has 0 saturated carbocycles. The zero-order chi connectivity index (χ0) is 19.8. The average molecular weight is 458 g/mol. The Hall–Kier alpha value is -3.19. The zero-order valence-electron chi connectivity index (χ0n) is 16.8. The van der Waals surface area contributed by atoms with E-state index in [-0.39, 0.29) is 24.8 Å². The van der Waals surface area contributed by atoms with E-state index < -0.39 is 0 Å². The third kappa shape index (κ3) is 4.18. The van der Waals surface area contributed by atoms with Gasteiger partial charge in [0.05, 0.1) is 23.5 Å². The molecular formula is C20H21Cl2N9. The summed E-state index contributed by atoms with van der Waals surface area (Å²) in [4.78, 5) is 11.3. The molecule has 5 rings (SSSR count). The van der Waals surface area contributed by atoms with Gasteiger partial charge in [0.15, 0.2) is 0 Å². The van der Waals surface area contributed by atoms with Gasteiger partial charge in [0.1, 0.15) is 6.07 Å². The summed E-state index contributed by atoms with van der Waals surface area (Å²) in [5.74, 6) is 0.726. The molecule has 160 valence electrons. The third-order valence-electron chi connectivity index (χ3n) is 5.12. The van der Waals surface area contributed by atoms with Crippen LogP contribution in [0.2, 0.25) is 0 Å². The second-order valence-corrected chi connectivity index (χ2v) is 7.02. The van der Waals surface area contributed by atoms with E-state index in [9.17, 15) is 5.26 Å². The van der Waals surface area contributed by atoms with Crippen molar-refractivity contribution in [3.05, 3.63) is 48.8 Å². The number of rotatable bonds is 3. The largest absolute Gasteiger partial charge is 0.338 e. The van der Waals surface area contributed by atoms with Crippen molar-refractivity contribution in [1.29, 1.82) is 5.26 Å². The van der Waals surface area contributed by atoms with Crippen LogP contribution in [0.15, 0.2) is 43.2 Å². The van der Waals surface area contributed by atoms with Crippen LogP contribution < -0.4 is 10.2 Å². The maximum absolute atomic E-state index is 9.54. The highest BCUT2D eigenvalue weighted by atomic mass is 35.5. The van der Waals surface area contributed by atoms with E-state index >= 15 is 0 Å². The second-order valence-electron chi connectivity index (χ2n) is 7.02. The SMILES string of the molecule is Cl.Cl.Cn1cc(-c2cc(-c3cnc(N4CCNCC4)nc3)c3c(C#N)cnn3c2)cn1. The van der Waals surface area contributed by atoms with Gasteiger partial charge in [0.2, 0.25) is 5.95 Å². The maximum Gasteiger partial charge on any atom is 0.225 e. The van der Waals surface area contributed by atoms with E-state index in [4.69, 9.17) is 0 Å². The van der Waals surface area contributed by atoms with Crippen LogP contribution in [-0.4, -0.2) is 55.5 Å². The Morgan fingerprint density at radius 3 is 2.32 bits per heavy atom. The van der Waals surface area contributed by atoms with Crippen molar-refractivity contribution in [2.75, 3.05) is 31.1 Å². The standard InChI is InChI=1S/C20H19N9.2ClH/c1-27-12-17(11-25-27)14-6-18(19-15(7-21)10-26-29(19)13-14)16-8-23-20(24-9-16)28-4-2-22-3-5-28;;/h6,8-13,22H,2-5H2,1H3;2*1H. The fourth-order valence-corrected chi connectivity index (χ4v) is 3.64. The Morgan fingerprint density at radius 1 is 0.935 bits per heavy atom. The summed E-state index contributed by atoms with van der Waals surface area (Å²) in [5.41, 5.74) is 4.91. The van der Waals surface area contributed by atoms with Gasteiger partial charge in [-0.2, -0.15) is 15.5 Å². The highest BCUT2D eigenvalue weighted by molar-refractivity contribution is 5.87. The minimum absolute atomic E-state index is 0. The second kappa shape index (κ2) is 9.31. The van der Waals surface area contributed by atoms with Crippen LogP contribution in [0.4, 0.5) is 5.95 Å². The molecule has 1 saturated heterocycles. The van der Waals surface area contributed by atoms with Crippen LogP contribution in [0.3, 0.4) is 0 Å². The first kappa shape index (κ1) is 22.5. The van der Waals surface area contributed by atoms with Crippen LogP contribution in [0.5, 0.6) is 0 Å². The summed E-state index contributed by atoms with van der Waals surface area (Å²) >= 11 is 0. The lowest BCUT2D eigenvalue weighted by molar-refractivity contribution is 0.580. The Kier molecular flexibility index (Phi) is 6.75. The van der Waals surface area contributed by atoms with Crippen molar-refractivity contribution < 1.29 is 0 Å². The Morgan fingerprint density at radius 2 is 1.68 bits per heavy atom. The van der Waals surface area contributed by atoms with E-state index in [0.29, 0.717) is 5.56 Å². The number of nitriles is 1. The number of nitrogens with zero attached hydrogens (tertiary/aromatic N) is 8. The molecule has 5 heterocycles. The summed E-state index contributed by atoms with van der Waals surface area (Å²) in [7, 11) is 1.88. The first-order valence-electron chi connectivity index (χ1n) is 9.41. The molecule has 1 aliphatic rings. The normalized spacial score (nSPS) is 13.4. The summed E-state index contributed by atoms with van der Waals surface area (Å²) in [6.45, 7) is 3.64. The number of aromatic nitrogens is 6. The van der Waals surface area contributed by atoms with Crippen molar-refractivity contribution in [2.24, 2.45) is 7.05 Å². The highest BCUT2D eigenvalue weighted by Crippen LogP contribution is 2.31. The molecule has 1 N–H and O–H groups in total. The maximum atomic E-state index is 9.54. The molecule has 1 aliphatic heterocycles. The molecule has 0 spiro atoms. The number of piperazine rings is 1. The highest BCUT2D eigenvalue weighted by Gasteiger charge is 2.17. The minimum Gasteiger partial charge on any atom is -0.338 e. The lowest BCUT2D eigenvalue weighted by Gasteiger charge is -2.27. The summed E-state index contributed by atoms with van der Waals surface area (Å²) in [6, 6.07) is 4.27. The molecule has 0 atom stereocenters. The predicted molar refractivity (Wildman–Crippen MR) is 123 cm³/mol. The molecule has 4 aromatic rings. The third-order valence-corrected chi connectivity index (χ3v) is 5.12. The van der Waals surface area contributed by atoms with Crippen molar-refractivity contribution in [3.8, 4) is 28.3 Å². The van der Waals surface area contributed by atoms with Gasteiger partial charge < -0.3 is 10.2 Å². The van der Waals surface area contributed by atoms with Crippen LogP contribution in [-0.2, 0) is 7.05 Å². The van der Waals surface area contributed by atoms with Gasteiger partial charge in [0, 0.05) is 80.3 Å². The molecule has 0 amide bonds. The van der Waals surface area contributed by atoms with Gasteiger partial charge >= 0.3 is 0 Å². The van der Waals surface area contributed by atoms with Gasteiger partial charge in [0.25, 0.3) is 0 Å². The Balaban J connectivity index is 0.00000136. The fourth-order valence-electron chi connectivity index (χ4n) is 3.64. The number of anilines is 1. The quantitative estimate of drug-likeness (QED) is 0.503. The molecule has 1 fully saturated rings. The van der Waals surface area contributed by atoms with E-state index in [2.05, 4.69) is 36.5 Å². The lowest BCUT2D eigenvalue weighted by Crippen LogP contribution is -2.44. The van der Waals surface area contributed by atoms with E-state index in [1.54, 1.807) is 15.4 Å². The summed E-state index contributed by atoms with van der Waals surface area (Å²) < 4.78 is 3.49. The molecule has 9 nitrogen and oxygen atoms in total. The van der Waals surface area contributed by atoms with Gasteiger partial charge in [-0.25, -0.2) is 14.5 Å². The molecule has 11 heteroatoms. The van der Waals surface area contributed by atoms with Gasteiger partial charge in [-0.3, -0.25) is 4.68 Å². The van der Waals surface area contributed by atoms with Crippen LogP contribution in [0, 0.1) is 11.3 Å². The molecular weight excluding hydrogens is 437 g/mol. The van der Waals surface area contributed by atoms with Crippen LogP contribution in [0.1, 0.15) is 5.56 Å².